The van der Waals surface area contributed by atoms with Crippen LogP contribution in [-0.2, 0) is 6.42 Å². The predicted molar refractivity (Wildman–Crippen MR) is 67.5 cm³/mol. The first-order valence-electron chi connectivity index (χ1n) is 5.57. The summed E-state index contributed by atoms with van der Waals surface area (Å²) in [6, 6.07) is 7.71. The Balaban J connectivity index is 2.74. The fraction of sp³-hybridized carbons (Fsp3) is 0.231. The normalized spacial score (nSPS) is 10.5. The third-order valence-electron chi connectivity index (χ3n) is 2.79. The van der Waals surface area contributed by atoms with Crippen molar-refractivity contribution in [2.75, 3.05) is 0 Å². The van der Waals surface area contributed by atoms with E-state index in [-0.39, 0.29) is 5.91 Å². The van der Waals surface area contributed by atoms with Crippen LogP contribution in [0.3, 0.4) is 0 Å². The molecule has 0 bridgehead atoms. The minimum Gasteiger partial charge on any atom is -0.290 e. The van der Waals surface area contributed by atoms with Crippen LogP contribution in [0.1, 0.15) is 28.5 Å². The third-order valence-corrected chi connectivity index (χ3v) is 2.79. The number of hydrogen-bond donors (Lipinski definition) is 2. The van der Waals surface area contributed by atoms with Crippen LogP contribution in [0.2, 0.25) is 0 Å². The van der Waals surface area contributed by atoms with E-state index in [0.29, 0.717) is 5.56 Å². The van der Waals surface area contributed by atoms with Gasteiger partial charge in [-0.3, -0.25) is 15.2 Å². The Hall–Kier alpha value is -1.94. The highest BCUT2D eigenvalue weighted by atomic mass is 16.2. The van der Waals surface area contributed by atoms with Gasteiger partial charge in [0.2, 0.25) is 0 Å². The number of nitrogen functional groups attached to an aromatic ring is 1. The van der Waals surface area contributed by atoms with E-state index < -0.39 is 0 Å². The minimum absolute atomic E-state index is 0.284. The number of aryl methyl sites for hydroxylation is 2. The lowest BCUT2D eigenvalue weighted by Crippen LogP contribution is -2.30. The maximum absolute atomic E-state index is 11.7. The fourth-order valence-electron chi connectivity index (χ4n) is 1.89. The molecule has 1 amide bonds. The average Bonchev–Trinajstić information content (AvgIpc) is 2.36. The molecule has 0 unspecified atom stereocenters. The van der Waals surface area contributed by atoms with E-state index in [4.69, 9.17) is 5.84 Å². The zero-order valence-electron chi connectivity index (χ0n) is 9.95. The van der Waals surface area contributed by atoms with Crippen LogP contribution in [0.4, 0.5) is 0 Å². The molecule has 17 heavy (non-hydrogen) atoms. The van der Waals surface area contributed by atoms with E-state index in [0.717, 1.165) is 23.0 Å². The van der Waals surface area contributed by atoms with Crippen LogP contribution in [0.15, 0.2) is 24.3 Å². The molecule has 4 heteroatoms. The molecule has 0 aliphatic carbocycles. The molecule has 2 aromatic rings. The number of nitrogens with zero attached hydrogens (tertiary/aromatic N) is 1. The van der Waals surface area contributed by atoms with E-state index in [1.54, 1.807) is 6.07 Å². The third kappa shape index (κ3) is 2.12. The number of fused-ring (bicyclic) bond motifs is 1. The van der Waals surface area contributed by atoms with E-state index in [1.165, 1.54) is 5.56 Å². The highest BCUT2D eigenvalue weighted by Crippen LogP contribution is 2.20. The number of nitrogens with two attached hydrogens (primary N) is 1. The summed E-state index contributed by atoms with van der Waals surface area (Å²) < 4.78 is 0. The predicted octanol–water partition coefficient (Wildman–Crippen LogP) is 1.71. The summed E-state index contributed by atoms with van der Waals surface area (Å²) in [4.78, 5) is 16.1. The van der Waals surface area contributed by atoms with Crippen molar-refractivity contribution in [1.29, 1.82) is 0 Å². The number of aromatic nitrogens is 1. The molecule has 0 fully saturated rings. The first-order chi connectivity index (χ1) is 8.15. The molecule has 4 nitrogen and oxygen atoms in total. The van der Waals surface area contributed by atoms with Crippen LogP contribution in [0.25, 0.3) is 10.9 Å². The Labute approximate surface area is 99.8 Å². The summed E-state index contributed by atoms with van der Waals surface area (Å²) in [6.45, 7) is 3.94. The lowest BCUT2D eigenvalue weighted by atomic mass is 10.0. The maximum Gasteiger partial charge on any atom is 0.265 e. The number of benzene rings is 1. The van der Waals surface area contributed by atoms with Crippen molar-refractivity contribution in [1.82, 2.24) is 10.4 Å². The second-order valence-electron chi connectivity index (χ2n) is 3.99. The van der Waals surface area contributed by atoms with Gasteiger partial charge in [-0.15, -0.1) is 0 Å². The van der Waals surface area contributed by atoms with Crippen LogP contribution in [-0.4, -0.2) is 10.9 Å². The molecule has 0 saturated heterocycles. The highest BCUT2D eigenvalue weighted by molar-refractivity contribution is 6.06. The van der Waals surface area contributed by atoms with E-state index in [1.807, 2.05) is 25.1 Å². The van der Waals surface area contributed by atoms with Gasteiger partial charge in [0.05, 0.1) is 11.1 Å². The monoisotopic (exact) mass is 229 g/mol. The summed E-state index contributed by atoms with van der Waals surface area (Å²) in [5.41, 5.74) is 5.55. The Morgan fingerprint density at radius 1 is 1.41 bits per heavy atom. The van der Waals surface area contributed by atoms with Crippen molar-refractivity contribution in [2.45, 2.75) is 20.3 Å². The maximum atomic E-state index is 11.7. The first kappa shape index (κ1) is 11.5. The van der Waals surface area contributed by atoms with Gasteiger partial charge in [0, 0.05) is 11.1 Å². The SMILES string of the molecule is CCc1ccc2nc(C)cc(C(=O)NN)c2c1. The molecule has 3 N–H and O–H groups in total. The summed E-state index contributed by atoms with van der Waals surface area (Å²) in [7, 11) is 0. The Kier molecular flexibility index (Phi) is 3.06. The molecule has 2 rings (SSSR count). The van der Waals surface area contributed by atoms with Crippen molar-refractivity contribution in [3.8, 4) is 0 Å². The van der Waals surface area contributed by atoms with E-state index in [9.17, 15) is 4.79 Å². The Morgan fingerprint density at radius 2 is 2.18 bits per heavy atom. The van der Waals surface area contributed by atoms with Crippen LogP contribution >= 0.6 is 0 Å². The smallest absolute Gasteiger partial charge is 0.265 e. The number of pyridine rings is 1. The highest BCUT2D eigenvalue weighted by Gasteiger charge is 2.11. The number of carbonyl (C=O) groups is 1. The second kappa shape index (κ2) is 4.51. The number of carbonyl (C=O) groups excluding carboxylic acids is 1. The van der Waals surface area contributed by atoms with E-state index >= 15 is 0 Å². The zero-order valence-corrected chi connectivity index (χ0v) is 9.95. The molecule has 88 valence electrons. The largest absolute Gasteiger partial charge is 0.290 e. The summed E-state index contributed by atoms with van der Waals surface area (Å²) in [6.07, 6.45) is 0.924. The summed E-state index contributed by atoms with van der Waals surface area (Å²) in [5, 5.41) is 0.845. The number of nitrogens with one attached hydrogen (secondary N) is 1. The number of rotatable bonds is 2. The lowest BCUT2D eigenvalue weighted by Gasteiger charge is -2.08. The second-order valence-corrected chi connectivity index (χ2v) is 3.99. The van der Waals surface area contributed by atoms with Crippen LogP contribution in [0.5, 0.6) is 0 Å². The number of hydrogen-bond acceptors (Lipinski definition) is 3. The van der Waals surface area contributed by atoms with Crippen molar-refractivity contribution in [3.63, 3.8) is 0 Å². The van der Waals surface area contributed by atoms with Gasteiger partial charge < -0.3 is 0 Å². The standard InChI is InChI=1S/C13H15N3O/c1-3-9-4-5-12-10(7-9)11(13(17)16-14)6-8(2)15-12/h4-7H,3,14H2,1-2H3,(H,16,17). The molecule has 0 spiro atoms. The average molecular weight is 229 g/mol. The Bertz CT molecular complexity index is 578. The van der Waals surface area contributed by atoms with Gasteiger partial charge in [0.15, 0.2) is 0 Å². The molecule has 0 atom stereocenters. The van der Waals surface area contributed by atoms with Gasteiger partial charge in [0.25, 0.3) is 5.91 Å². The van der Waals surface area contributed by atoms with E-state index in [2.05, 4.69) is 17.3 Å². The molecule has 0 aliphatic rings. The molecule has 0 radical (unpaired) electrons. The van der Waals surface area contributed by atoms with Gasteiger partial charge in [-0.1, -0.05) is 13.0 Å². The van der Waals surface area contributed by atoms with Crippen molar-refractivity contribution in [3.05, 3.63) is 41.1 Å². The minimum atomic E-state index is -0.284. The van der Waals surface area contributed by atoms with Crippen LogP contribution in [0, 0.1) is 6.92 Å². The van der Waals surface area contributed by atoms with Crippen molar-refractivity contribution in [2.24, 2.45) is 5.84 Å². The van der Waals surface area contributed by atoms with Gasteiger partial charge in [-0.25, -0.2) is 5.84 Å². The molecule has 0 saturated carbocycles. The van der Waals surface area contributed by atoms with Gasteiger partial charge in [-0.2, -0.15) is 0 Å². The molecule has 1 heterocycles. The quantitative estimate of drug-likeness (QED) is 0.468. The zero-order chi connectivity index (χ0) is 12.4. The molecule has 1 aromatic heterocycles. The topological polar surface area (TPSA) is 68.0 Å². The number of hydrazine groups is 1. The molecule has 0 aliphatic heterocycles. The number of amides is 1. The lowest BCUT2D eigenvalue weighted by molar-refractivity contribution is 0.0955. The van der Waals surface area contributed by atoms with Gasteiger partial charge >= 0.3 is 0 Å². The van der Waals surface area contributed by atoms with Crippen molar-refractivity contribution >= 4 is 16.8 Å². The molecule has 1 aromatic carbocycles. The Morgan fingerprint density at radius 3 is 2.82 bits per heavy atom. The van der Waals surface area contributed by atoms with Gasteiger partial charge in [0.1, 0.15) is 0 Å². The van der Waals surface area contributed by atoms with Gasteiger partial charge in [-0.05, 0) is 37.1 Å². The van der Waals surface area contributed by atoms with Crippen LogP contribution < -0.4 is 11.3 Å². The molecular formula is C13H15N3O. The summed E-state index contributed by atoms with van der Waals surface area (Å²) >= 11 is 0. The fourth-order valence-corrected chi connectivity index (χ4v) is 1.89. The van der Waals surface area contributed by atoms with Crippen molar-refractivity contribution < 1.29 is 4.79 Å². The molecular weight excluding hydrogens is 214 g/mol. The first-order valence-corrected chi connectivity index (χ1v) is 5.57. The summed E-state index contributed by atoms with van der Waals surface area (Å²) in [5.74, 6) is 4.91.